The maximum atomic E-state index is 11.3. The summed E-state index contributed by atoms with van der Waals surface area (Å²) in [6.45, 7) is 4.22. The van der Waals surface area contributed by atoms with E-state index >= 15 is 0 Å². The van der Waals surface area contributed by atoms with Gasteiger partial charge in [0.2, 0.25) is 0 Å². The number of carboxylic acid groups (broad SMARTS) is 1. The zero-order chi connectivity index (χ0) is 14.6. The van der Waals surface area contributed by atoms with Crippen LogP contribution in [0, 0.1) is 6.92 Å². The molecule has 4 nitrogen and oxygen atoms in total. The van der Waals surface area contributed by atoms with Crippen LogP contribution in [0.15, 0.2) is 18.2 Å². The second-order valence-electron chi connectivity index (χ2n) is 6.40. The van der Waals surface area contributed by atoms with Crippen LogP contribution < -0.4 is 0 Å². The van der Waals surface area contributed by atoms with Gasteiger partial charge in [-0.15, -0.1) is 0 Å². The van der Waals surface area contributed by atoms with E-state index in [1.807, 2.05) is 4.57 Å². The molecule has 0 bridgehead atoms. The van der Waals surface area contributed by atoms with E-state index < -0.39 is 5.97 Å². The van der Waals surface area contributed by atoms with E-state index in [2.05, 4.69) is 30.0 Å². The predicted molar refractivity (Wildman–Crippen MR) is 81.4 cm³/mol. The summed E-state index contributed by atoms with van der Waals surface area (Å²) in [7, 11) is 0. The third-order valence-corrected chi connectivity index (χ3v) is 5.03. The first-order valence-electron chi connectivity index (χ1n) is 7.70. The Morgan fingerprint density at radius 1 is 1.43 bits per heavy atom. The molecule has 0 aliphatic carbocycles. The van der Waals surface area contributed by atoms with Gasteiger partial charge in [0.15, 0.2) is 0 Å². The monoisotopic (exact) mass is 284 g/mol. The second-order valence-corrected chi connectivity index (χ2v) is 6.40. The van der Waals surface area contributed by atoms with Crippen LogP contribution in [0.5, 0.6) is 0 Å². The topological polar surface area (TPSA) is 45.5 Å². The van der Waals surface area contributed by atoms with Crippen molar-refractivity contribution in [3.05, 3.63) is 35.0 Å². The van der Waals surface area contributed by atoms with Gasteiger partial charge in [-0.2, -0.15) is 0 Å². The normalized spacial score (nSPS) is 21.5. The summed E-state index contributed by atoms with van der Waals surface area (Å²) in [6.07, 6.45) is 3.61. The third-order valence-electron chi connectivity index (χ3n) is 5.03. The van der Waals surface area contributed by atoms with Crippen LogP contribution in [0.4, 0.5) is 0 Å². The van der Waals surface area contributed by atoms with Gasteiger partial charge in [0, 0.05) is 29.2 Å². The lowest BCUT2D eigenvalue weighted by Crippen LogP contribution is -2.36. The molecule has 0 saturated carbocycles. The SMILES string of the molecule is Cc1ccc2c(c1)c1c(n2CC(=O)O)CN2CCCC2C1. The van der Waals surface area contributed by atoms with Crippen LogP contribution in [-0.4, -0.2) is 33.1 Å². The number of rotatable bonds is 2. The van der Waals surface area contributed by atoms with Gasteiger partial charge in [-0.05, 0) is 50.4 Å². The van der Waals surface area contributed by atoms with Gasteiger partial charge in [0.25, 0.3) is 0 Å². The van der Waals surface area contributed by atoms with Crippen LogP contribution in [0.25, 0.3) is 10.9 Å². The average molecular weight is 284 g/mol. The summed E-state index contributed by atoms with van der Waals surface area (Å²) in [5.41, 5.74) is 4.93. The second kappa shape index (κ2) is 4.60. The first kappa shape index (κ1) is 12.9. The van der Waals surface area contributed by atoms with Crippen molar-refractivity contribution in [2.75, 3.05) is 6.54 Å². The van der Waals surface area contributed by atoms with Crippen LogP contribution in [0.1, 0.15) is 29.7 Å². The fourth-order valence-electron chi connectivity index (χ4n) is 4.08. The van der Waals surface area contributed by atoms with E-state index in [1.54, 1.807) is 0 Å². The van der Waals surface area contributed by atoms with Crippen LogP contribution >= 0.6 is 0 Å². The summed E-state index contributed by atoms with van der Waals surface area (Å²) < 4.78 is 2.01. The molecule has 2 aliphatic heterocycles. The van der Waals surface area contributed by atoms with Gasteiger partial charge >= 0.3 is 5.97 Å². The van der Waals surface area contributed by atoms with Crippen molar-refractivity contribution in [2.24, 2.45) is 0 Å². The summed E-state index contributed by atoms with van der Waals surface area (Å²) in [5.74, 6) is -0.765. The summed E-state index contributed by atoms with van der Waals surface area (Å²) in [6, 6.07) is 7.03. The first-order valence-corrected chi connectivity index (χ1v) is 7.70. The Morgan fingerprint density at radius 3 is 3.10 bits per heavy atom. The van der Waals surface area contributed by atoms with E-state index in [0.29, 0.717) is 6.04 Å². The van der Waals surface area contributed by atoms with E-state index in [9.17, 15) is 9.90 Å². The van der Waals surface area contributed by atoms with Crippen molar-refractivity contribution in [3.8, 4) is 0 Å². The minimum Gasteiger partial charge on any atom is -0.480 e. The van der Waals surface area contributed by atoms with Crippen molar-refractivity contribution in [2.45, 2.75) is 45.3 Å². The number of hydrogen-bond donors (Lipinski definition) is 1. The molecule has 1 atom stereocenters. The minimum absolute atomic E-state index is 0.0629. The highest BCUT2D eigenvalue weighted by Gasteiger charge is 2.33. The summed E-state index contributed by atoms with van der Waals surface area (Å²) >= 11 is 0. The smallest absolute Gasteiger partial charge is 0.323 e. The highest BCUT2D eigenvalue weighted by atomic mass is 16.4. The number of carboxylic acids is 1. The first-order chi connectivity index (χ1) is 10.1. The Hall–Kier alpha value is -1.81. The van der Waals surface area contributed by atoms with E-state index in [4.69, 9.17) is 0 Å². The minimum atomic E-state index is -0.765. The van der Waals surface area contributed by atoms with Crippen LogP contribution in [-0.2, 0) is 24.3 Å². The average Bonchev–Trinajstić information content (AvgIpc) is 3.00. The molecule has 1 saturated heterocycles. The summed E-state index contributed by atoms with van der Waals surface area (Å²) in [5, 5.41) is 10.5. The molecule has 2 aromatic rings. The third kappa shape index (κ3) is 1.97. The Labute approximate surface area is 124 Å². The van der Waals surface area contributed by atoms with Crippen LogP contribution in [0.2, 0.25) is 0 Å². The quantitative estimate of drug-likeness (QED) is 0.922. The molecule has 4 rings (SSSR count). The highest BCUT2D eigenvalue weighted by Crippen LogP contribution is 2.36. The maximum Gasteiger partial charge on any atom is 0.323 e. The number of aryl methyl sites for hydroxylation is 1. The van der Waals surface area contributed by atoms with Gasteiger partial charge in [-0.1, -0.05) is 11.6 Å². The van der Waals surface area contributed by atoms with E-state index in [-0.39, 0.29) is 6.54 Å². The van der Waals surface area contributed by atoms with Crippen molar-refractivity contribution >= 4 is 16.9 Å². The number of nitrogens with zero attached hydrogens (tertiary/aromatic N) is 2. The molecule has 1 aromatic heterocycles. The van der Waals surface area contributed by atoms with Crippen molar-refractivity contribution < 1.29 is 9.90 Å². The van der Waals surface area contributed by atoms with Crippen molar-refractivity contribution in [1.82, 2.24) is 9.47 Å². The fraction of sp³-hybridized carbons (Fsp3) is 0.471. The Morgan fingerprint density at radius 2 is 2.29 bits per heavy atom. The molecule has 4 heteroatoms. The summed E-state index contributed by atoms with van der Waals surface area (Å²) in [4.78, 5) is 13.8. The van der Waals surface area contributed by atoms with Crippen molar-refractivity contribution in [1.29, 1.82) is 0 Å². The van der Waals surface area contributed by atoms with Gasteiger partial charge in [0.05, 0.1) is 0 Å². The molecule has 1 N–H and O–H groups in total. The molecule has 1 fully saturated rings. The molecule has 1 unspecified atom stereocenters. The molecule has 0 amide bonds. The van der Waals surface area contributed by atoms with Gasteiger partial charge in [-0.25, -0.2) is 0 Å². The maximum absolute atomic E-state index is 11.3. The van der Waals surface area contributed by atoms with E-state index in [1.165, 1.54) is 35.0 Å². The predicted octanol–water partition coefficient (Wildman–Crippen LogP) is 2.55. The van der Waals surface area contributed by atoms with Crippen LogP contribution in [0.3, 0.4) is 0 Å². The zero-order valence-corrected chi connectivity index (χ0v) is 12.3. The molecule has 1 aromatic carbocycles. The molecule has 3 heterocycles. The molecular weight excluding hydrogens is 264 g/mol. The van der Waals surface area contributed by atoms with Crippen molar-refractivity contribution in [3.63, 3.8) is 0 Å². The molecule has 0 spiro atoms. The molecule has 0 radical (unpaired) electrons. The number of hydrogen-bond acceptors (Lipinski definition) is 2. The number of benzene rings is 1. The van der Waals surface area contributed by atoms with Gasteiger partial charge < -0.3 is 9.67 Å². The Kier molecular flexibility index (Phi) is 2.82. The number of aliphatic carboxylic acids is 1. The molecule has 110 valence electrons. The standard InChI is InChI=1S/C17H20N2O2/c1-11-4-5-15-13(7-11)14-8-12-3-2-6-18(12)9-16(14)19(15)10-17(20)21/h4-5,7,12H,2-3,6,8-10H2,1H3,(H,20,21). The molecule has 21 heavy (non-hydrogen) atoms. The van der Waals surface area contributed by atoms with Gasteiger partial charge in [0.1, 0.15) is 6.54 Å². The number of carbonyl (C=O) groups is 1. The van der Waals surface area contributed by atoms with E-state index in [0.717, 1.165) is 25.0 Å². The number of aromatic nitrogens is 1. The Bertz CT molecular complexity index is 732. The fourth-order valence-corrected chi connectivity index (χ4v) is 4.08. The molecular formula is C17H20N2O2. The number of fused-ring (bicyclic) bond motifs is 4. The highest BCUT2D eigenvalue weighted by molar-refractivity contribution is 5.87. The molecule has 2 aliphatic rings. The lowest BCUT2D eigenvalue weighted by molar-refractivity contribution is -0.137. The lowest BCUT2D eigenvalue weighted by atomic mass is 9.96. The lowest BCUT2D eigenvalue weighted by Gasteiger charge is -2.30. The zero-order valence-electron chi connectivity index (χ0n) is 12.3. The Balaban J connectivity index is 1.92. The van der Waals surface area contributed by atoms with Gasteiger partial charge in [-0.3, -0.25) is 9.69 Å². The largest absolute Gasteiger partial charge is 0.480 e.